The van der Waals surface area contributed by atoms with Crippen molar-refractivity contribution in [1.82, 2.24) is 9.97 Å². The fourth-order valence-electron chi connectivity index (χ4n) is 7.22. The van der Waals surface area contributed by atoms with E-state index in [4.69, 9.17) is 4.74 Å². The maximum absolute atomic E-state index is 12.9. The van der Waals surface area contributed by atoms with Crippen molar-refractivity contribution in [3.63, 3.8) is 0 Å². The first-order chi connectivity index (χ1) is 20.2. The average molecular weight is 561 g/mol. The van der Waals surface area contributed by atoms with Crippen LogP contribution in [0.4, 0.5) is 0 Å². The minimum absolute atomic E-state index is 0.0457. The number of aromatic nitrogens is 2. The van der Waals surface area contributed by atoms with Gasteiger partial charge in [-0.3, -0.25) is 4.79 Å². The second-order valence-electron chi connectivity index (χ2n) is 13.1. The van der Waals surface area contributed by atoms with Gasteiger partial charge in [0.2, 0.25) is 0 Å². The molecule has 226 valence electrons. The fourth-order valence-corrected chi connectivity index (χ4v) is 7.22. The number of unbranched alkanes of at least 4 members (excludes halogenated alkanes) is 9. The summed E-state index contributed by atoms with van der Waals surface area (Å²) in [4.78, 5) is 22.1. The summed E-state index contributed by atoms with van der Waals surface area (Å²) in [5, 5.41) is 0. The molecule has 2 saturated carbocycles. The van der Waals surface area contributed by atoms with E-state index in [-0.39, 0.29) is 11.9 Å². The normalized spacial score (nSPS) is 22.9. The third-order valence-corrected chi connectivity index (χ3v) is 10.1. The Morgan fingerprint density at radius 1 is 0.707 bits per heavy atom. The second-order valence-corrected chi connectivity index (χ2v) is 13.1. The molecule has 0 unspecified atom stereocenters. The van der Waals surface area contributed by atoms with Crippen LogP contribution in [0.3, 0.4) is 0 Å². The summed E-state index contributed by atoms with van der Waals surface area (Å²) in [6.07, 6.45) is 29.8. The number of carbonyl (C=O) groups excluding carboxylic acids is 1. The van der Waals surface area contributed by atoms with Crippen molar-refractivity contribution in [3.8, 4) is 17.1 Å². The standard InChI is InChI=1S/C37H56N2O2/c1-3-5-6-7-8-9-10-11-12-13-14-30-27-38-36(39-28-30)33-23-25-35(26-24-33)41-37(40)34-21-19-32(20-22-34)31-17-15-29(4-2)16-18-31/h23-29,31-32,34H,3-22H2,1-2H3. The molecule has 2 aromatic rings. The molecule has 4 nitrogen and oxygen atoms in total. The number of nitrogens with zero attached hydrogens (tertiary/aromatic N) is 2. The largest absolute Gasteiger partial charge is 0.426 e. The molecular weight excluding hydrogens is 504 g/mol. The van der Waals surface area contributed by atoms with E-state index in [9.17, 15) is 4.79 Å². The van der Waals surface area contributed by atoms with Crippen LogP contribution in [0.25, 0.3) is 11.4 Å². The maximum Gasteiger partial charge on any atom is 0.314 e. The van der Waals surface area contributed by atoms with E-state index in [1.165, 1.54) is 115 Å². The lowest BCUT2D eigenvalue weighted by molar-refractivity contribution is -0.140. The third-order valence-electron chi connectivity index (χ3n) is 10.1. The van der Waals surface area contributed by atoms with Crippen LogP contribution in [0.2, 0.25) is 0 Å². The summed E-state index contributed by atoms with van der Waals surface area (Å²) in [7, 11) is 0. The molecule has 4 heteroatoms. The Labute approximate surface area is 250 Å². The van der Waals surface area contributed by atoms with Crippen molar-refractivity contribution in [2.45, 2.75) is 142 Å². The highest BCUT2D eigenvalue weighted by Gasteiger charge is 2.33. The van der Waals surface area contributed by atoms with E-state index in [1.54, 1.807) is 0 Å². The molecule has 1 aromatic heterocycles. The quantitative estimate of drug-likeness (QED) is 0.116. The summed E-state index contributed by atoms with van der Waals surface area (Å²) < 4.78 is 5.79. The maximum atomic E-state index is 12.9. The smallest absolute Gasteiger partial charge is 0.314 e. The molecule has 0 atom stereocenters. The fraction of sp³-hybridized carbons (Fsp3) is 0.703. The van der Waals surface area contributed by atoms with E-state index in [0.717, 1.165) is 48.4 Å². The van der Waals surface area contributed by atoms with E-state index in [0.29, 0.717) is 5.75 Å². The van der Waals surface area contributed by atoms with Crippen LogP contribution < -0.4 is 4.74 Å². The van der Waals surface area contributed by atoms with E-state index < -0.39 is 0 Å². The molecule has 0 saturated heterocycles. The van der Waals surface area contributed by atoms with Gasteiger partial charge < -0.3 is 4.74 Å². The molecule has 2 aliphatic rings. The summed E-state index contributed by atoms with van der Waals surface area (Å²) in [6.45, 7) is 4.61. The first kappa shape index (κ1) is 31.7. The molecule has 2 fully saturated rings. The van der Waals surface area contributed by atoms with Crippen molar-refractivity contribution in [1.29, 1.82) is 0 Å². The molecule has 4 rings (SSSR count). The Balaban J connectivity index is 1.12. The van der Waals surface area contributed by atoms with E-state index >= 15 is 0 Å². The number of benzene rings is 1. The first-order valence-electron chi connectivity index (χ1n) is 17.3. The highest BCUT2D eigenvalue weighted by molar-refractivity contribution is 5.75. The molecular formula is C37H56N2O2. The Hall–Kier alpha value is -2.23. The number of aryl methyl sites for hydroxylation is 1. The lowest BCUT2D eigenvalue weighted by Gasteiger charge is -2.37. The topological polar surface area (TPSA) is 52.1 Å². The SMILES string of the molecule is CCCCCCCCCCCCc1cnc(-c2ccc(OC(=O)C3CCC(C4CCC(CC)CC4)CC3)cc2)nc1. The van der Waals surface area contributed by atoms with Gasteiger partial charge in [-0.15, -0.1) is 0 Å². The molecule has 0 spiro atoms. The number of hydrogen-bond acceptors (Lipinski definition) is 4. The first-order valence-corrected chi connectivity index (χ1v) is 17.3. The third kappa shape index (κ3) is 10.5. The molecule has 0 radical (unpaired) electrons. The molecule has 0 aliphatic heterocycles. The molecule has 1 heterocycles. The number of ether oxygens (including phenoxy) is 1. The van der Waals surface area contributed by atoms with Gasteiger partial charge in [-0.25, -0.2) is 9.97 Å². The summed E-state index contributed by atoms with van der Waals surface area (Å²) in [6, 6.07) is 7.69. The van der Waals surface area contributed by atoms with Gasteiger partial charge in [0.25, 0.3) is 0 Å². The zero-order valence-corrected chi connectivity index (χ0v) is 26.1. The van der Waals surface area contributed by atoms with Crippen LogP contribution in [0, 0.1) is 23.7 Å². The van der Waals surface area contributed by atoms with Crippen molar-refractivity contribution < 1.29 is 9.53 Å². The minimum Gasteiger partial charge on any atom is -0.426 e. The Morgan fingerprint density at radius 3 is 1.80 bits per heavy atom. The predicted molar refractivity (Wildman–Crippen MR) is 170 cm³/mol. The molecule has 0 bridgehead atoms. The number of rotatable bonds is 16. The van der Waals surface area contributed by atoms with Crippen molar-refractivity contribution in [2.24, 2.45) is 23.7 Å². The van der Waals surface area contributed by atoms with Crippen LogP contribution in [-0.2, 0) is 11.2 Å². The lowest BCUT2D eigenvalue weighted by Crippen LogP contribution is -2.30. The van der Waals surface area contributed by atoms with Crippen LogP contribution in [0.1, 0.15) is 141 Å². The highest BCUT2D eigenvalue weighted by atomic mass is 16.5. The predicted octanol–water partition coefficient (Wildman–Crippen LogP) is 10.5. The van der Waals surface area contributed by atoms with Gasteiger partial charge in [-0.05, 0) is 98.9 Å². The van der Waals surface area contributed by atoms with Crippen LogP contribution in [0.15, 0.2) is 36.7 Å². The van der Waals surface area contributed by atoms with Gasteiger partial charge in [-0.2, -0.15) is 0 Å². The zero-order valence-electron chi connectivity index (χ0n) is 26.1. The average Bonchev–Trinajstić information content (AvgIpc) is 3.03. The number of hydrogen-bond donors (Lipinski definition) is 0. The monoisotopic (exact) mass is 560 g/mol. The molecule has 0 amide bonds. The molecule has 1 aromatic carbocycles. The Morgan fingerprint density at radius 2 is 1.24 bits per heavy atom. The van der Waals surface area contributed by atoms with Crippen LogP contribution >= 0.6 is 0 Å². The van der Waals surface area contributed by atoms with Gasteiger partial charge >= 0.3 is 5.97 Å². The van der Waals surface area contributed by atoms with Gasteiger partial charge in [0.05, 0.1) is 5.92 Å². The number of carbonyl (C=O) groups is 1. The summed E-state index contributed by atoms with van der Waals surface area (Å²) in [5.41, 5.74) is 2.16. The van der Waals surface area contributed by atoms with Crippen LogP contribution in [0.5, 0.6) is 5.75 Å². The highest BCUT2D eigenvalue weighted by Crippen LogP contribution is 2.42. The molecule has 0 N–H and O–H groups in total. The van der Waals surface area contributed by atoms with Crippen molar-refractivity contribution in [2.75, 3.05) is 0 Å². The minimum atomic E-state index is -0.0570. The van der Waals surface area contributed by atoms with Crippen LogP contribution in [-0.4, -0.2) is 15.9 Å². The van der Waals surface area contributed by atoms with E-state index in [2.05, 4.69) is 23.8 Å². The lowest BCUT2D eigenvalue weighted by atomic mass is 9.69. The summed E-state index contributed by atoms with van der Waals surface area (Å²) >= 11 is 0. The number of esters is 1. The Bertz CT molecular complexity index is 987. The summed E-state index contributed by atoms with van der Waals surface area (Å²) in [5.74, 6) is 3.99. The molecule has 2 aliphatic carbocycles. The van der Waals surface area contributed by atoms with Crippen molar-refractivity contribution >= 4 is 5.97 Å². The zero-order chi connectivity index (χ0) is 28.7. The van der Waals surface area contributed by atoms with Gasteiger partial charge in [0.15, 0.2) is 5.82 Å². The molecule has 41 heavy (non-hydrogen) atoms. The van der Waals surface area contributed by atoms with Gasteiger partial charge in [0.1, 0.15) is 5.75 Å². The van der Waals surface area contributed by atoms with Gasteiger partial charge in [-0.1, -0.05) is 90.9 Å². The van der Waals surface area contributed by atoms with Crippen molar-refractivity contribution in [3.05, 3.63) is 42.2 Å². The second kappa shape index (κ2) is 17.7. The Kier molecular flexibility index (Phi) is 13.7. The van der Waals surface area contributed by atoms with E-state index in [1.807, 2.05) is 36.7 Å². The van der Waals surface area contributed by atoms with Gasteiger partial charge in [0, 0.05) is 18.0 Å².